The van der Waals surface area contributed by atoms with Crippen molar-refractivity contribution < 1.29 is 40.6 Å². The Morgan fingerprint density at radius 3 is 2.27 bits per heavy atom. The molecule has 0 atom stereocenters. The second kappa shape index (κ2) is 6.71. The summed E-state index contributed by atoms with van der Waals surface area (Å²) in [6.45, 7) is 1.19. The highest BCUT2D eigenvalue weighted by Crippen LogP contribution is 2.38. The summed E-state index contributed by atoms with van der Waals surface area (Å²) in [6, 6.07) is 0.456. The number of rotatable bonds is 4. The number of hydrogen-bond acceptors (Lipinski definition) is 4. The summed E-state index contributed by atoms with van der Waals surface area (Å²) in [7, 11) is 0. The highest BCUT2D eigenvalue weighted by atomic mass is 79.9. The van der Waals surface area contributed by atoms with Gasteiger partial charge in [0.2, 0.25) is 0 Å². The lowest BCUT2D eigenvalue weighted by Crippen LogP contribution is -2.22. The Bertz CT molecular complexity index is 558. The van der Waals surface area contributed by atoms with Crippen molar-refractivity contribution in [2.24, 2.45) is 0 Å². The van der Waals surface area contributed by atoms with Crippen molar-refractivity contribution in [1.29, 1.82) is 0 Å². The number of hydrogen-bond donors (Lipinski definition) is 0. The van der Waals surface area contributed by atoms with Gasteiger partial charge in [0, 0.05) is 17.0 Å². The van der Waals surface area contributed by atoms with E-state index in [1.807, 2.05) is 0 Å². The average Bonchev–Trinajstić information content (AvgIpc) is 2.35. The Hall–Kier alpha value is -1.52. The first-order valence-corrected chi connectivity index (χ1v) is 6.71. The maximum Gasteiger partial charge on any atom is 0.573 e. The van der Waals surface area contributed by atoms with Crippen LogP contribution in [0.2, 0.25) is 0 Å². The summed E-state index contributed by atoms with van der Waals surface area (Å²) in [6.07, 6.45) is -10.3. The number of nitrogens with zero attached hydrogens (tertiary/aromatic N) is 1. The smallest absolute Gasteiger partial charge is 0.461 e. The van der Waals surface area contributed by atoms with Crippen molar-refractivity contribution in [2.75, 3.05) is 6.61 Å². The van der Waals surface area contributed by atoms with Gasteiger partial charge in [-0.3, -0.25) is 0 Å². The van der Waals surface area contributed by atoms with Crippen LogP contribution in [0.3, 0.4) is 0 Å². The van der Waals surface area contributed by atoms with Gasteiger partial charge >= 0.3 is 18.5 Å². The van der Waals surface area contributed by atoms with E-state index >= 15 is 0 Å². The van der Waals surface area contributed by atoms with E-state index in [4.69, 9.17) is 0 Å². The number of pyridine rings is 1. The summed E-state index contributed by atoms with van der Waals surface area (Å²) < 4.78 is 83.6. The molecule has 4 nitrogen and oxygen atoms in total. The zero-order valence-electron chi connectivity index (χ0n) is 10.8. The molecule has 11 heteroatoms. The Labute approximate surface area is 128 Å². The van der Waals surface area contributed by atoms with Crippen molar-refractivity contribution >= 4 is 21.9 Å². The predicted molar refractivity (Wildman–Crippen MR) is 64.5 cm³/mol. The number of alkyl halides is 7. The zero-order valence-corrected chi connectivity index (χ0v) is 12.4. The summed E-state index contributed by atoms with van der Waals surface area (Å²) in [5, 5.41) is -0.608. The molecule has 0 aromatic carbocycles. The quantitative estimate of drug-likeness (QED) is 0.438. The second-order valence-electron chi connectivity index (χ2n) is 3.73. The molecule has 1 aromatic rings. The molecule has 22 heavy (non-hydrogen) atoms. The molecule has 0 aliphatic heterocycles. The van der Waals surface area contributed by atoms with Crippen LogP contribution in [0.15, 0.2) is 6.07 Å². The van der Waals surface area contributed by atoms with Crippen LogP contribution in [-0.2, 0) is 16.2 Å². The van der Waals surface area contributed by atoms with Gasteiger partial charge in [0.05, 0.1) is 6.61 Å². The second-order valence-corrected chi connectivity index (χ2v) is 4.29. The van der Waals surface area contributed by atoms with E-state index in [1.165, 1.54) is 6.92 Å². The summed E-state index contributed by atoms with van der Waals surface area (Å²) >= 11 is 2.65. The Balaban J connectivity index is 3.51. The lowest BCUT2D eigenvalue weighted by molar-refractivity contribution is -0.275. The first-order valence-electron chi connectivity index (χ1n) is 5.59. The molecule has 0 unspecified atom stereocenters. The number of esters is 1. The molecule has 0 N–H and O–H groups in total. The normalized spacial score (nSPS) is 12.2. The van der Waals surface area contributed by atoms with Gasteiger partial charge in [0.1, 0.15) is 5.75 Å². The first-order chi connectivity index (χ1) is 9.99. The van der Waals surface area contributed by atoms with Gasteiger partial charge in [0.25, 0.3) is 0 Å². The van der Waals surface area contributed by atoms with E-state index in [1.54, 1.807) is 0 Å². The number of carbonyl (C=O) groups is 1. The molecule has 0 spiro atoms. The minimum atomic E-state index is -5.23. The first kappa shape index (κ1) is 18.5. The lowest BCUT2D eigenvalue weighted by Gasteiger charge is -2.17. The van der Waals surface area contributed by atoms with Crippen LogP contribution in [0, 0.1) is 0 Å². The van der Waals surface area contributed by atoms with Gasteiger partial charge in [-0.25, -0.2) is 9.78 Å². The average molecular weight is 396 g/mol. The standard InChI is InChI=1S/C11H8BrF6NO3/c1-2-21-9(20)6-3-7(22-11(16,17)18)5(4-12)8(19-6)10(13,14)15/h3H,2,4H2,1H3. The van der Waals surface area contributed by atoms with Gasteiger partial charge in [-0.1, -0.05) is 15.9 Å². The number of ether oxygens (including phenoxy) is 2. The molecule has 0 aliphatic carbocycles. The maximum atomic E-state index is 12.9. The van der Waals surface area contributed by atoms with Crippen molar-refractivity contribution in [3.8, 4) is 5.75 Å². The van der Waals surface area contributed by atoms with E-state index in [0.29, 0.717) is 6.07 Å². The summed E-state index contributed by atoms with van der Waals surface area (Å²) in [5.41, 5.74) is -3.47. The van der Waals surface area contributed by atoms with Crippen LogP contribution in [0.1, 0.15) is 28.7 Å². The SMILES string of the molecule is CCOC(=O)c1cc(OC(F)(F)F)c(CBr)c(C(F)(F)F)n1. The molecule has 0 radical (unpaired) electrons. The largest absolute Gasteiger partial charge is 0.573 e. The molecule has 1 rings (SSSR count). The highest BCUT2D eigenvalue weighted by Gasteiger charge is 2.40. The lowest BCUT2D eigenvalue weighted by atomic mass is 10.1. The fraction of sp³-hybridized carbons (Fsp3) is 0.455. The van der Waals surface area contributed by atoms with Crippen LogP contribution in [0.5, 0.6) is 5.75 Å². The summed E-state index contributed by atoms with van der Waals surface area (Å²) in [4.78, 5) is 14.5. The van der Waals surface area contributed by atoms with Crippen molar-refractivity contribution in [1.82, 2.24) is 4.98 Å². The van der Waals surface area contributed by atoms with Gasteiger partial charge in [-0.05, 0) is 6.92 Å². The molecule has 0 bridgehead atoms. The van der Waals surface area contributed by atoms with E-state index in [-0.39, 0.29) is 6.61 Å². The van der Waals surface area contributed by atoms with E-state index in [9.17, 15) is 31.1 Å². The van der Waals surface area contributed by atoms with Crippen molar-refractivity contribution in [3.05, 3.63) is 23.0 Å². The molecule has 124 valence electrons. The van der Waals surface area contributed by atoms with Crippen molar-refractivity contribution in [3.63, 3.8) is 0 Å². The van der Waals surface area contributed by atoms with Gasteiger partial charge < -0.3 is 9.47 Å². The molecule has 1 aromatic heterocycles. The number of carbonyl (C=O) groups excluding carboxylic acids is 1. The highest BCUT2D eigenvalue weighted by molar-refractivity contribution is 9.08. The molecule has 1 heterocycles. The van der Waals surface area contributed by atoms with Crippen LogP contribution in [-0.4, -0.2) is 23.9 Å². The maximum absolute atomic E-state index is 12.9. The van der Waals surface area contributed by atoms with E-state index < -0.39 is 46.5 Å². The minimum absolute atomic E-state index is 0.183. The number of aromatic nitrogens is 1. The Kier molecular flexibility index (Phi) is 5.65. The van der Waals surface area contributed by atoms with E-state index in [0.717, 1.165) is 0 Å². The molecule has 0 amide bonds. The van der Waals surface area contributed by atoms with Gasteiger partial charge in [-0.15, -0.1) is 13.2 Å². The minimum Gasteiger partial charge on any atom is -0.461 e. The van der Waals surface area contributed by atoms with Crippen LogP contribution < -0.4 is 4.74 Å². The molecule has 0 aliphatic rings. The van der Waals surface area contributed by atoms with Gasteiger partial charge in [-0.2, -0.15) is 13.2 Å². The topological polar surface area (TPSA) is 48.4 Å². The zero-order chi connectivity index (χ0) is 17.1. The fourth-order valence-electron chi connectivity index (χ4n) is 1.44. The van der Waals surface area contributed by atoms with Crippen LogP contribution in [0.25, 0.3) is 0 Å². The molecular formula is C11H8BrF6NO3. The third-order valence-corrected chi connectivity index (χ3v) is 2.76. The van der Waals surface area contributed by atoms with Crippen LogP contribution in [0.4, 0.5) is 26.3 Å². The Morgan fingerprint density at radius 2 is 1.86 bits per heavy atom. The summed E-state index contributed by atoms with van der Waals surface area (Å²) in [5.74, 6) is -2.46. The third-order valence-electron chi connectivity index (χ3n) is 2.20. The molecule has 0 saturated heterocycles. The molecule has 0 saturated carbocycles. The fourth-order valence-corrected chi connectivity index (χ4v) is 1.98. The monoisotopic (exact) mass is 395 g/mol. The molecule has 0 fully saturated rings. The Morgan fingerprint density at radius 1 is 1.27 bits per heavy atom. The molecular weight excluding hydrogens is 388 g/mol. The van der Waals surface area contributed by atoms with Gasteiger partial charge in [0.15, 0.2) is 11.4 Å². The van der Waals surface area contributed by atoms with E-state index in [2.05, 4.69) is 30.4 Å². The van der Waals surface area contributed by atoms with Crippen molar-refractivity contribution in [2.45, 2.75) is 24.8 Å². The predicted octanol–water partition coefficient (Wildman–Crippen LogP) is 4.07. The third kappa shape index (κ3) is 4.75. The number of halogens is 7. The van der Waals surface area contributed by atoms with Crippen LogP contribution >= 0.6 is 15.9 Å².